The highest BCUT2D eigenvalue weighted by atomic mass is 16.5. The molecule has 1 aliphatic heterocycles. The van der Waals surface area contributed by atoms with E-state index in [9.17, 15) is 9.59 Å². The Labute approximate surface area is 130 Å². The van der Waals surface area contributed by atoms with Crippen LogP contribution < -0.4 is 10.1 Å². The van der Waals surface area contributed by atoms with Crippen LogP contribution in [0.1, 0.15) is 36.0 Å². The third kappa shape index (κ3) is 3.14. The molecule has 0 aromatic heterocycles. The molecule has 0 radical (unpaired) electrons. The van der Waals surface area contributed by atoms with E-state index in [0.29, 0.717) is 23.3 Å². The van der Waals surface area contributed by atoms with E-state index in [2.05, 4.69) is 5.32 Å². The van der Waals surface area contributed by atoms with Crippen molar-refractivity contribution >= 4 is 11.7 Å². The maximum absolute atomic E-state index is 12.1. The highest BCUT2D eigenvalue weighted by Crippen LogP contribution is 2.38. The lowest BCUT2D eigenvalue weighted by atomic mass is 9.76. The first kappa shape index (κ1) is 15.0. The van der Waals surface area contributed by atoms with Crippen molar-refractivity contribution in [2.75, 3.05) is 13.7 Å². The first-order valence-corrected chi connectivity index (χ1v) is 7.75. The van der Waals surface area contributed by atoms with Gasteiger partial charge >= 0.3 is 0 Å². The second-order valence-electron chi connectivity index (χ2n) is 5.92. The molecular formula is C17H21NO4. The number of hydrogen-bond donors (Lipinski definition) is 1. The Morgan fingerprint density at radius 2 is 2.05 bits per heavy atom. The molecule has 1 aliphatic carbocycles. The van der Waals surface area contributed by atoms with Crippen LogP contribution in [-0.2, 0) is 9.53 Å². The Hall–Kier alpha value is -1.88. The summed E-state index contributed by atoms with van der Waals surface area (Å²) in [6.07, 6.45) is 2.74. The molecular weight excluding hydrogens is 282 g/mol. The van der Waals surface area contributed by atoms with Gasteiger partial charge in [0.2, 0.25) is 5.91 Å². The molecule has 5 heteroatoms. The van der Waals surface area contributed by atoms with Crippen LogP contribution in [0.2, 0.25) is 0 Å². The smallest absolute Gasteiger partial charge is 0.220 e. The predicted octanol–water partition coefficient (Wildman–Crippen LogP) is 1.95. The van der Waals surface area contributed by atoms with Gasteiger partial charge in [0.05, 0.1) is 13.2 Å². The van der Waals surface area contributed by atoms with Gasteiger partial charge in [-0.15, -0.1) is 0 Å². The molecule has 0 spiro atoms. The van der Waals surface area contributed by atoms with Crippen LogP contribution in [0.3, 0.4) is 0 Å². The van der Waals surface area contributed by atoms with Crippen LogP contribution in [0, 0.1) is 5.92 Å². The van der Waals surface area contributed by atoms with E-state index in [1.54, 1.807) is 31.4 Å². The summed E-state index contributed by atoms with van der Waals surface area (Å²) in [6, 6.07) is 7.19. The fourth-order valence-corrected chi connectivity index (χ4v) is 3.19. The molecule has 2 aliphatic rings. The molecule has 1 N–H and O–H groups in total. The summed E-state index contributed by atoms with van der Waals surface area (Å²) in [6.45, 7) is 0.803. The summed E-state index contributed by atoms with van der Waals surface area (Å²) < 4.78 is 10.6. The molecule has 1 saturated heterocycles. The fourth-order valence-electron chi connectivity index (χ4n) is 3.19. The highest BCUT2D eigenvalue weighted by molar-refractivity contribution is 5.98. The van der Waals surface area contributed by atoms with Gasteiger partial charge < -0.3 is 14.8 Å². The minimum absolute atomic E-state index is 0.0199. The Balaban J connectivity index is 1.43. The molecule has 3 rings (SSSR count). The summed E-state index contributed by atoms with van der Waals surface area (Å²) in [5.41, 5.74) is 0.613. The van der Waals surface area contributed by atoms with Gasteiger partial charge in [-0.25, -0.2) is 0 Å². The topological polar surface area (TPSA) is 64.6 Å². The number of rotatable bonds is 6. The van der Waals surface area contributed by atoms with Crippen molar-refractivity contribution in [3.8, 4) is 5.75 Å². The lowest BCUT2D eigenvalue weighted by molar-refractivity contribution is -0.124. The van der Waals surface area contributed by atoms with Gasteiger partial charge in [0.15, 0.2) is 5.78 Å². The second kappa shape index (κ2) is 6.48. The minimum atomic E-state index is -0.0442. The zero-order chi connectivity index (χ0) is 15.5. The molecule has 0 unspecified atom stereocenters. The van der Waals surface area contributed by atoms with E-state index >= 15 is 0 Å². The number of Topliss-reactive ketones (excluding diaryl/α,β-unsaturated/α-hetero) is 1. The third-order valence-electron chi connectivity index (χ3n) is 4.60. The average Bonchev–Trinajstić information content (AvgIpc) is 2.91. The first-order valence-electron chi connectivity index (χ1n) is 7.75. The van der Waals surface area contributed by atoms with Crippen LogP contribution in [0.4, 0.5) is 0 Å². The first-order chi connectivity index (χ1) is 10.7. The van der Waals surface area contributed by atoms with Crippen LogP contribution in [-0.4, -0.2) is 37.6 Å². The lowest BCUT2D eigenvalue weighted by Gasteiger charge is -2.39. The van der Waals surface area contributed by atoms with Gasteiger partial charge in [-0.05, 0) is 37.1 Å². The normalized spacial score (nSPS) is 26.0. The Morgan fingerprint density at radius 1 is 1.27 bits per heavy atom. The second-order valence-corrected chi connectivity index (χ2v) is 5.92. The summed E-state index contributed by atoms with van der Waals surface area (Å²) in [5.74, 6) is 1.12. The van der Waals surface area contributed by atoms with E-state index in [-0.39, 0.29) is 30.6 Å². The monoisotopic (exact) mass is 303 g/mol. The maximum atomic E-state index is 12.1. The molecule has 3 atom stereocenters. The van der Waals surface area contributed by atoms with E-state index in [1.165, 1.54) is 0 Å². The number of carbonyl (C=O) groups excluding carboxylic acids is 2. The molecule has 118 valence electrons. The number of methoxy groups -OCH3 is 1. The van der Waals surface area contributed by atoms with Crippen LogP contribution in [0.15, 0.2) is 24.3 Å². The van der Waals surface area contributed by atoms with Crippen molar-refractivity contribution < 1.29 is 19.1 Å². The maximum Gasteiger partial charge on any atom is 0.220 e. The molecule has 5 nitrogen and oxygen atoms in total. The zero-order valence-electron chi connectivity index (χ0n) is 12.7. The van der Waals surface area contributed by atoms with Crippen LogP contribution in [0.5, 0.6) is 5.75 Å². The molecule has 2 fully saturated rings. The van der Waals surface area contributed by atoms with Crippen molar-refractivity contribution in [3.63, 3.8) is 0 Å². The summed E-state index contributed by atoms with van der Waals surface area (Å²) in [4.78, 5) is 24.0. The van der Waals surface area contributed by atoms with Crippen molar-refractivity contribution in [3.05, 3.63) is 29.8 Å². The summed E-state index contributed by atoms with van der Waals surface area (Å²) >= 11 is 0. The third-order valence-corrected chi connectivity index (χ3v) is 4.60. The van der Waals surface area contributed by atoms with E-state index < -0.39 is 0 Å². The van der Waals surface area contributed by atoms with Gasteiger partial charge in [-0.1, -0.05) is 0 Å². The number of carbonyl (C=O) groups is 2. The number of nitrogens with one attached hydrogen (secondary N) is 1. The molecule has 1 aromatic rings. The molecule has 0 bridgehead atoms. The Bertz CT molecular complexity index is 554. The standard InChI is InChI=1S/C17H21NO4/c1-21-12-4-2-11(3-5-12)15(19)6-7-17(20)18-14-10-16-13(14)8-9-22-16/h2-5,13-14,16H,6-10H2,1H3,(H,18,20)/t13-,14+,16+/m0/s1. The molecule has 22 heavy (non-hydrogen) atoms. The van der Waals surface area contributed by atoms with Gasteiger partial charge in [0, 0.05) is 37.0 Å². The molecule has 1 aromatic carbocycles. The quantitative estimate of drug-likeness (QED) is 0.816. The summed E-state index contributed by atoms with van der Waals surface area (Å²) in [7, 11) is 1.58. The van der Waals surface area contributed by atoms with Crippen LogP contribution >= 0.6 is 0 Å². The van der Waals surface area contributed by atoms with E-state index in [0.717, 1.165) is 19.4 Å². The number of ether oxygens (including phenoxy) is 2. The van der Waals surface area contributed by atoms with Crippen molar-refractivity contribution in [2.24, 2.45) is 5.92 Å². The number of hydrogen-bond acceptors (Lipinski definition) is 4. The summed E-state index contributed by atoms with van der Waals surface area (Å²) in [5, 5.41) is 3.02. The Morgan fingerprint density at radius 3 is 2.73 bits per heavy atom. The van der Waals surface area contributed by atoms with Crippen LogP contribution in [0.25, 0.3) is 0 Å². The average molecular weight is 303 g/mol. The van der Waals surface area contributed by atoms with Crippen molar-refractivity contribution in [1.29, 1.82) is 0 Å². The van der Waals surface area contributed by atoms with Gasteiger partial charge in [-0.2, -0.15) is 0 Å². The minimum Gasteiger partial charge on any atom is -0.497 e. The zero-order valence-corrected chi connectivity index (χ0v) is 12.7. The lowest BCUT2D eigenvalue weighted by Crippen LogP contribution is -2.53. The van der Waals surface area contributed by atoms with Gasteiger partial charge in [0.25, 0.3) is 0 Å². The highest BCUT2D eigenvalue weighted by Gasteiger charge is 2.45. The van der Waals surface area contributed by atoms with Crippen molar-refractivity contribution in [2.45, 2.75) is 37.8 Å². The Kier molecular flexibility index (Phi) is 4.43. The fraction of sp³-hybridized carbons (Fsp3) is 0.529. The molecule has 1 saturated carbocycles. The van der Waals surface area contributed by atoms with Crippen molar-refractivity contribution in [1.82, 2.24) is 5.32 Å². The SMILES string of the molecule is COc1ccc(C(=O)CCC(=O)N[C@@H]2C[C@H]3OCC[C@@H]23)cc1. The predicted molar refractivity (Wildman–Crippen MR) is 81.0 cm³/mol. The van der Waals surface area contributed by atoms with Gasteiger partial charge in [-0.3, -0.25) is 9.59 Å². The number of benzene rings is 1. The number of ketones is 1. The number of amides is 1. The molecule has 1 amide bonds. The van der Waals surface area contributed by atoms with E-state index in [4.69, 9.17) is 9.47 Å². The van der Waals surface area contributed by atoms with Gasteiger partial charge in [0.1, 0.15) is 5.75 Å². The number of fused-ring (bicyclic) bond motifs is 1. The molecule has 1 heterocycles. The van der Waals surface area contributed by atoms with E-state index in [1.807, 2.05) is 0 Å². The largest absolute Gasteiger partial charge is 0.497 e.